The van der Waals surface area contributed by atoms with Crippen LogP contribution < -0.4 is 10.2 Å². The molecule has 27 heavy (non-hydrogen) atoms. The number of carbonyl (C=O) groups excluding carboxylic acids is 1. The van der Waals surface area contributed by atoms with E-state index in [1.807, 2.05) is 19.1 Å². The molecule has 3 rings (SSSR count). The Balaban J connectivity index is 1.61. The number of benzene rings is 1. The Labute approximate surface area is 155 Å². The molecule has 144 valence electrons. The van der Waals surface area contributed by atoms with Gasteiger partial charge in [-0.3, -0.25) is 4.79 Å². The number of aryl methyl sites for hydroxylation is 2. The number of alkyl halides is 3. The molecule has 0 spiro atoms. The number of aromatic nitrogens is 2. The lowest BCUT2D eigenvalue weighted by Gasteiger charge is -2.33. The normalized spacial score (nSPS) is 15.7. The number of hydrogen-bond acceptors (Lipinski definition) is 4. The van der Waals surface area contributed by atoms with Gasteiger partial charge in [0.25, 0.3) is 5.91 Å². The summed E-state index contributed by atoms with van der Waals surface area (Å²) in [5.74, 6) is 0.235. The molecular formula is C19H21F3N4O. The Bertz CT molecular complexity index is 813. The SMILES string of the molecule is Cc1ccc(C(=O)NC2CCN(c3cc(C(F)(F)F)nc(C)n3)CC2)cc1. The topological polar surface area (TPSA) is 58.1 Å². The first-order chi connectivity index (χ1) is 12.7. The molecule has 0 bridgehead atoms. The van der Waals surface area contributed by atoms with Crippen molar-refractivity contribution in [2.75, 3.05) is 18.0 Å². The Kier molecular flexibility index (Phi) is 5.34. The third kappa shape index (κ3) is 4.75. The quantitative estimate of drug-likeness (QED) is 0.888. The minimum absolute atomic E-state index is 0.0138. The summed E-state index contributed by atoms with van der Waals surface area (Å²) in [5, 5.41) is 3.00. The summed E-state index contributed by atoms with van der Waals surface area (Å²) in [6, 6.07) is 8.29. The van der Waals surface area contributed by atoms with E-state index in [1.54, 1.807) is 17.0 Å². The standard InChI is InChI=1S/C19H21F3N4O/c1-12-3-5-14(6-4-12)18(27)25-15-7-9-26(10-8-15)17-11-16(19(20,21)22)23-13(2)24-17/h3-6,11,15H,7-10H2,1-2H3,(H,25,27). The lowest BCUT2D eigenvalue weighted by molar-refractivity contribution is -0.141. The Morgan fingerprint density at radius 1 is 1.11 bits per heavy atom. The van der Waals surface area contributed by atoms with Crippen LogP contribution in [0.4, 0.5) is 19.0 Å². The Hall–Kier alpha value is -2.64. The average Bonchev–Trinajstić information content (AvgIpc) is 2.61. The smallest absolute Gasteiger partial charge is 0.356 e. The highest BCUT2D eigenvalue weighted by molar-refractivity contribution is 5.94. The van der Waals surface area contributed by atoms with E-state index in [2.05, 4.69) is 15.3 Å². The fraction of sp³-hybridized carbons (Fsp3) is 0.421. The van der Waals surface area contributed by atoms with Crippen LogP contribution in [0.5, 0.6) is 0 Å². The van der Waals surface area contributed by atoms with Crippen molar-refractivity contribution in [1.82, 2.24) is 15.3 Å². The van der Waals surface area contributed by atoms with Gasteiger partial charge in [0, 0.05) is 30.8 Å². The van der Waals surface area contributed by atoms with Crippen LogP contribution in [0.3, 0.4) is 0 Å². The summed E-state index contributed by atoms with van der Waals surface area (Å²) in [7, 11) is 0. The zero-order valence-electron chi connectivity index (χ0n) is 15.2. The fourth-order valence-corrected chi connectivity index (χ4v) is 3.09. The van der Waals surface area contributed by atoms with E-state index in [-0.39, 0.29) is 23.6 Å². The molecule has 1 saturated heterocycles. The van der Waals surface area contributed by atoms with Crippen LogP contribution in [0.1, 0.15) is 40.3 Å². The van der Waals surface area contributed by atoms with Crippen molar-refractivity contribution in [3.63, 3.8) is 0 Å². The van der Waals surface area contributed by atoms with E-state index in [4.69, 9.17) is 0 Å². The van der Waals surface area contributed by atoms with Crippen LogP contribution in [0.2, 0.25) is 0 Å². The first kappa shape index (κ1) is 19.1. The molecule has 2 heterocycles. The van der Waals surface area contributed by atoms with Crippen molar-refractivity contribution >= 4 is 11.7 Å². The van der Waals surface area contributed by atoms with Gasteiger partial charge in [-0.05, 0) is 38.8 Å². The molecular weight excluding hydrogens is 357 g/mol. The number of piperidine rings is 1. The van der Waals surface area contributed by atoms with Crippen LogP contribution in [0, 0.1) is 13.8 Å². The minimum atomic E-state index is -4.50. The van der Waals surface area contributed by atoms with Crippen LogP contribution in [0.15, 0.2) is 30.3 Å². The second-order valence-electron chi connectivity index (χ2n) is 6.76. The maximum atomic E-state index is 13.0. The average molecular weight is 378 g/mol. The molecule has 0 atom stereocenters. The van der Waals surface area contributed by atoms with E-state index in [1.165, 1.54) is 6.92 Å². The molecule has 5 nitrogen and oxygen atoms in total. The predicted molar refractivity (Wildman–Crippen MR) is 95.7 cm³/mol. The van der Waals surface area contributed by atoms with Crippen LogP contribution in [0.25, 0.3) is 0 Å². The predicted octanol–water partition coefficient (Wildman–Crippen LogP) is 3.51. The largest absolute Gasteiger partial charge is 0.433 e. The second-order valence-corrected chi connectivity index (χ2v) is 6.76. The van der Waals surface area contributed by atoms with Gasteiger partial charge in [0.2, 0.25) is 0 Å². The van der Waals surface area contributed by atoms with Gasteiger partial charge in [0.05, 0.1) is 0 Å². The van der Waals surface area contributed by atoms with Gasteiger partial charge in [0.15, 0.2) is 0 Å². The van der Waals surface area contributed by atoms with Crippen molar-refractivity contribution in [1.29, 1.82) is 0 Å². The molecule has 8 heteroatoms. The van der Waals surface area contributed by atoms with Crippen LogP contribution >= 0.6 is 0 Å². The molecule has 0 unspecified atom stereocenters. The van der Waals surface area contributed by atoms with E-state index >= 15 is 0 Å². The highest BCUT2D eigenvalue weighted by atomic mass is 19.4. The van der Waals surface area contributed by atoms with E-state index in [9.17, 15) is 18.0 Å². The third-order valence-electron chi connectivity index (χ3n) is 4.58. The van der Waals surface area contributed by atoms with Crippen molar-refractivity contribution in [3.05, 3.63) is 53.0 Å². The number of rotatable bonds is 3. The third-order valence-corrected chi connectivity index (χ3v) is 4.58. The number of carbonyl (C=O) groups is 1. The number of amides is 1. The molecule has 0 aliphatic carbocycles. The molecule has 1 aromatic carbocycles. The lowest BCUT2D eigenvalue weighted by Crippen LogP contribution is -2.45. The summed E-state index contributed by atoms with van der Waals surface area (Å²) in [6.07, 6.45) is -3.22. The molecule has 0 saturated carbocycles. The maximum Gasteiger partial charge on any atom is 0.433 e. The maximum absolute atomic E-state index is 13.0. The Morgan fingerprint density at radius 3 is 2.33 bits per heavy atom. The number of nitrogens with one attached hydrogen (secondary N) is 1. The number of hydrogen-bond donors (Lipinski definition) is 1. The zero-order chi connectivity index (χ0) is 19.6. The minimum Gasteiger partial charge on any atom is -0.356 e. The zero-order valence-corrected chi connectivity index (χ0v) is 15.2. The van der Waals surface area contributed by atoms with Gasteiger partial charge in [-0.1, -0.05) is 17.7 Å². The van der Waals surface area contributed by atoms with E-state index < -0.39 is 11.9 Å². The molecule has 1 amide bonds. The monoisotopic (exact) mass is 378 g/mol. The molecule has 1 fully saturated rings. The molecule has 2 aromatic rings. The molecule has 1 aliphatic rings. The highest BCUT2D eigenvalue weighted by Gasteiger charge is 2.34. The highest BCUT2D eigenvalue weighted by Crippen LogP contribution is 2.30. The molecule has 0 radical (unpaired) electrons. The van der Waals surface area contributed by atoms with Crippen LogP contribution in [-0.2, 0) is 6.18 Å². The van der Waals surface area contributed by atoms with Crippen LogP contribution in [-0.4, -0.2) is 35.0 Å². The Morgan fingerprint density at radius 2 is 1.74 bits per heavy atom. The molecule has 1 aliphatic heterocycles. The van der Waals surface area contributed by atoms with Crippen molar-refractivity contribution in [3.8, 4) is 0 Å². The van der Waals surface area contributed by atoms with Gasteiger partial charge in [-0.25, -0.2) is 9.97 Å². The van der Waals surface area contributed by atoms with Crippen molar-refractivity contribution < 1.29 is 18.0 Å². The van der Waals surface area contributed by atoms with Gasteiger partial charge in [-0.15, -0.1) is 0 Å². The summed E-state index contributed by atoms with van der Waals surface area (Å²) in [5.41, 5.74) is 0.752. The van der Waals surface area contributed by atoms with Gasteiger partial charge < -0.3 is 10.2 Å². The van der Waals surface area contributed by atoms with Gasteiger partial charge >= 0.3 is 6.18 Å². The summed E-state index contributed by atoms with van der Waals surface area (Å²) in [4.78, 5) is 21.7. The fourth-order valence-electron chi connectivity index (χ4n) is 3.09. The molecule has 1 N–H and O–H groups in total. The van der Waals surface area contributed by atoms with E-state index in [0.29, 0.717) is 31.5 Å². The number of anilines is 1. The van der Waals surface area contributed by atoms with Crippen molar-refractivity contribution in [2.45, 2.75) is 38.9 Å². The van der Waals surface area contributed by atoms with E-state index in [0.717, 1.165) is 11.6 Å². The summed E-state index contributed by atoms with van der Waals surface area (Å²) < 4.78 is 38.9. The first-order valence-electron chi connectivity index (χ1n) is 8.78. The second kappa shape index (κ2) is 7.54. The molecule has 1 aromatic heterocycles. The summed E-state index contributed by atoms with van der Waals surface area (Å²) in [6.45, 7) is 4.45. The first-order valence-corrected chi connectivity index (χ1v) is 8.78. The van der Waals surface area contributed by atoms with Gasteiger partial charge in [-0.2, -0.15) is 13.2 Å². The summed E-state index contributed by atoms with van der Waals surface area (Å²) >= 11 is 0. The number of halogens is 3. The lowest BCUT2D eigenvalue weighted by atomic mass is 10.0. The van der Waals surface area contributed by atoms with Gasteiger partial charge in [0.1, 0.15) is 17.3 Å². The van der Waals surface area contributed by atoms with Crippen molar-refractivity contribution in [2.24, 2.45) is 0 Å². The number of nitrogens with zero attached hydrogens (tertiary/aromatic N) is 3.